The predicted molar refractivity (Wildman–Crippen MR) is 111 cm³/mol. The molecule has 4 unspecified atom stereocenters. The summed E-state index contributed by atoms with van der Waals surface area (Å²) in [7, 11) is 1.35. The summed E-state index contributed by atoms with van der Waals surface area (Å²) < 4.78 is 4.74. The average Bonchev–Trinajstić information content (AvgIpc) is 3.05. The van der Waals surface area contributed by atoms with Crippen LogP contribution in [0.5, 0.6) is 0 Å². The number of aliphatic carboxylic acids is 1. The zero-order valence-corrected chi connectivity index (χ0v) is 18.9. The summed E-state index contributed by atoms with van der Waals surface area (Å²) in [5, 5.41) is 22.3. The smallest absolute Gasteiger partial charge is 0.305 e. The number of carbonyl (C=O) groups excluding carboxylic acids is 2. The Kier molecular flexibility index (Phi) is 5.97. The van der Waals surface area contributed by atoms with E-state index < -0.39 is 11.9 Å². The van der Waals surface area contributed by atoms with Crippen LogP contribution in [-0.4, -0.2) is 30.3 Å². The molecule has 5 nitrogen and oxygen atoms in total. The van der Waals surface area contributed by atoms with Crippen molar-refractivity contribution in [2.75, 3.05) is 7.11 Å². The van der Waals surface area contributed by atoms with Gasteiger partial charge in [-0.05, 0) is 105 Å². The van der Waals surface area contributed by atoms with E-state index in [1.54, 1.807) is 0 Å². The third kappa shape index (κ3) is 3.49. The van der Waals surface area contributed by atoms with Crippen molar-refractivity contribution < 1.29 is 24.5 Å². The van der Waals surface area contributed by atoms with Gasteiger partial charge in [-0.2, -0.15) is 0 Å². The molecule has 30 heavy (non-hydrogen) atoms. The van der Waals surface area contributed by atoms with Crippen LogP contribution in [0.4, 0.5) is 0 Å². The van der Waals surface area contributed by atoms with Crippen LogP contribution < -0.4 is 5.11 Å². The number of esters is 1. The van der Waals surface area contributed by atoms with E-state index in [0.29, 0.717) is 35.5 Å². The van der Waals surface area contributed by atoms with Crippen molar-refractivity contribution in [3.63, 3.8) is 0 Å². The van der Waals surface area contributed by atoms with Crippen molar-refractivity contribution >= 4 is 11.9 Å². The Bertz CT molecular complexity index is 676. The molecule has 5 heteroatoms. The summed E-state index contributed by atoms with van der Waals surface area (Å²) in [4.78, 5) is 23.7. The molecule has 170 valence electrons. The van der Waals surface area contributed by atoms with Crippen LogP contribution in [0.25, 0.3) is 0 Å². The molecular weight excluding hydrogens is 380 g/mol. The molecule has 9 atom stereocenters. The van der Waals surface area contributed by atoms with Gasteiger partial charge in [-0.1, -0.05) is 13.8 Å². The molecule has 0 spiro atoms. The minimum absolute atomic E-state index is 0.0272. The molecule has 4 aliphatic carbocycles. The number of hydrogen-bond acceptors (Lipinski definition) is 5. The van der Waals surface area contributed by atoms with Gasteiger partial charge < -0.3 is 19.7 Å². The third-order valence-corrected chi connectivity index (χ3v) is 10.4. The maximum atomic E-state index is 12.1. The number of carbonyl (C=O) groups is 2. The van der Waals surface area contributed by atoms with Crippen molar-refractivity contribution in [1.82, 2.24) is 0 Å². The lowest BCUT2D eigenvalue weighted by Gasteiger charge is -2.61. The molecule has 0 bridgehead atoms. The van der Waals surface area contributed by atoms with Crippen LogP contribution in [0, 0.1) is 46.3 Å². The topological polar surface area (TPSA) is 86.7 Å². The molecular formula is C25H39O5-. The second-order valence-corrected chi connectivity index (χ2v) is 11.4. The minimum atomic E-state index is -0.996. The number of aliphatic hydroxyl groups excluding tert-OH is 1. The van der Waals surface area contributed by atoms with Gasteiger partial charge in [0, 0.05) is 18.3 Å². The fourth-order valence-electron chi connectivity index (χ4n) is 8.80. The Morgan fingerprint density at radius 1 is 1.03 bits per heavy atom. The quantitative estimate of drug-likeness (QED) is 0.691. The van der Waals surface area contributed by atoms with Crippen molar-refractivity contribution in [2.24, 2.45) is 46.3 Å². The lowest BCUT2D eigenvalue weighted by molar-refractivity contribution is -0.315. The van der Waals surface area contributed by atoms with Crippen molar-refractivity contribution in [2.45, 2.75) is 90.6 Å². The Morgan fingerprint density at radius 2 is 1.73 bits per heavy atom. The van der Waals surface area contributed by atoms with Crippen molar-refractivity contribution in [3.05, 3.63) is 0 Å². The second kappa shape index (κ2) is 8.11. The Balaban J connectivity index is 1.53. The molecule has 4 fully saturated rings. The molecule has 4 saturated carbocycles. The van der Waals surface area contributed by atoms with E-state index in [-0.39, 0.29) is 29.8 Å². The van der Waals surface area contributed by atoms with Crippen LogP contribution in [0.1, 0.15) is 84.5 Å². The molecule has 0 heterocycles. The van der Waals surface area contributed by atoms with Gasteiger partial charge in [-0.25, -0.2) is 0 Å². The van der Waals surface area contributed by atoms with Crippen LogP contribution in [0.3, 0.4) is 0 Å². The fraction of sp³-hybridized carbons (Fsp3) is 0.920. The highest BCUT2D eigenvalue weighted by atomic mass is 16.5. The van der Waals surface area contributed by atoms with E-state index in [4.69, 9.17) is 4.74 Å². The normalized spacial score (nSPS) is 46.3. The van der Waals surface area contributed by atoms with E-state index in [1.807, 2.05) is 0 Å². The van der Waals surface area contributed by atoms with Gasteiger partial charge in [0.2, 0.25) is 0 Å². The molecule has 4 aliphatic rings. The highest BCUT2D eigenvalue weighted by Gasteiger charge is 2.60. The summed E-state index contributed by atoms with van der Waals surface area (Å²) in [5.74, 6) is 0.792. The Labute approximate surface area is 180 Å². The van der Waals surface area contributed by atoms with Crippen molar-refractivity contribution in [1.29, 1.82) is 0 Å². The summed E-state index contributed by atoms with van der Waals surface area (Å²) in [5.41, 5.74) is 0.361. The van der Waals surface area contributed by atoms with E-state index in [2.05, 4.69) is 13.8 Å². The van der Waals surface area contributed by atoms with Gasteiger partial charge in [0.05, 0.1) is 13.2 Å². The maximum Gasteiger partial charge on any atom is 0.305 e. The third-order valence-electron chi connectivity index (χ3n) is 10.4. The standard InChI is InChI=1S/C25H40O5/c1-24-12-10-16(26)14-15(24)4-5-17-19-7-8-20(25(19,2)13-11-21(17)24)18(23(28)29)6-9-22(27)30-3/h15-21,26H,4-14H2,1-3H3,(H,28,29)/p-1/t15-,16-,17?,18+,19?,20?,21?,24-,25-/m0/s1. The molecule has 0 aromatic carbocycles. The van der Waals surface area contributed by atoms with Gasteiger partial charge >= 0.3 is 5.97 Å². The summed E-state index contributed by atoms with van der Waals surface area (Å²) >= 11 is 0. The van der Waals surface area contributed by atoms with Crippen LogP contribution in [0.15, 0.2) is 0 Å². The minimum Gasteiger partial charge on any atom is -0.550 e. The Hall–Kier alpha value is -1.10. The first kappa shape index (κ1) is 22.1. The van der Waals surface area contributed by atoms with E-state index in [0.717, 1.165) is 38.5 Å². The first-order valence-corrected chi connectivity index (χ1v) is 12.2. The monoisotopic (exact) mass is 419 g/mol. The lowest BCUT2D eigenvalue weighted by atomic mass is 9.44. The molecule has 4 rings (SSSR count). The molecule has 0 aromatic heterocycles. The zero-order valence-electron chi connectivity index (χ0n) is 18.9. The number of carboxylic acids is 1. The zero-order chi connectivity index (χ0) is 21.7. The van der Waals surface area contributed by atoms with Gasteiger partial charge in [0.1, 0.15) is 0 Å². The number of ether oxygens (including phenoxy) is 1. The van der Waals surface area contributed by atoms with Gasteiger partial charge in [0.25, 0.3) is 0 Å². The number of aliphatic hydroxyl groups is 1. The van der Waals surface area contributed by atoms with E-state index in [9.17, 15) is 19.8 Å². The van der Waals surface area contributed by atoms with Gasteiger partial charge in [0.15, 0.2) is 0 Å². The van der Waals surface area contributed by atoms with Crippen molar-refractivity contribution in [3.8, 4) is 0 Å². The molecule has 0 saturated heterocycles. The summed E-state index contributed by atoms with van der Waals surface area (Å²) in [6, 6.07) is 0. The molecule has 0 amide bonds. The number of methoxy groups -OCH3 is 1. The summed E-state index contributed by atoms with van der Waals surface area (Å²) in [6.07, 6.45) is 10.1. The highest BCUT2D eigenvalue weighted by molar-refractivity contribution is 5.72. The number of hydrogen-bond donors (Lipinski definition) is 1. The number of rotatable bonds is 5. The predicted octanol–water partition coefficient (Wildman–Crippen LogP) is 3.33. The summed E-state index contributed by atoms with van der Waals surface area (Å²) in [6.45, 7) is 4.81. The largest absolute Gasteiger partial charge is 0.550 e. The van der Waals surface area contributed by atoms with Crippen LogP contribution >= 0.6 is 0 Å². The second-order valence-electron chi connectivity index (χ2n) is 11.4. The molecule has 0 aromatic rings. The lowest BCUT2D eigenvalue weighted by Crippen LogP contribution is -2.54. The van der Waals surface area contributed by atoms with Crippen LogP contribution in [-0.2, 0) is 14.3 Å². The van der Waals surface area contributed by atoms with Gasteiger partial charge in [-0.15, -0.1) is 0 Å². The average molecular weight is 420 g/mol. The van der Waals surface area contributed by atoms with E-state index >= 15 is 0 Å². The number of carboxylic acid groups (broad SMARTS) is 1. The first-order chi connectivity index (χ1) is 14.2. The maximum absolute atomic E-state index is 12.1. The highest BCUT2D eigenvalue weighted by Crippen LogP contribution is 2.68. The first-order valence-electron chi connectivity index (χ1n) is 12.2. The SMILES string of the molecule is COC(=O)CC[C@@H](C(=O)[O-])C1CCC2C3CC[C@H]4C[C@@H](O)CC[C@]4(C)C3CC[C@@]21C. The molecule has 1 N–H and O–H groups in total. The van der Waals surface area contributed by atoms with Crippen LogP contribution in [0.2, 0.25) is 0 Å². The number of fused-ring (bicyclic) bond motifs is 5. The Morgan fingerprint density at radius 3 is 2.43 bits per heavy atom. The fourth-order valence-corrected chi connectivity index (χ4v) is 8.80. The molecule has 0 aliphatic heterocycles. The van der Waals surface area contributed by atoms with E-state index in [1.165, 1.54) is 26.4 Å². The van der Waals surface area contributed by atoms with Gasteiger partial charge in [-0.3, -0.25) is 4.79 Å². The molecule has 0 radical (unpaired) electrons.